The van der Waals surface area contributed by atoms with E-state index in [4.69, 9.17) is 18.9 Å². The number of rotatable bonds is 16. The van der Waals surface area contributed by atoms with E-state index in [-0.39, 0.29) is 25.1 Å². The molecule has 41 heavy (non-hydrogen) atoms. The van der Waals surface area contributed by atoms with Gasteiger partial charge >= 0.3 is 17.9 Å². The topological polar surface area (TPSA) is 88.1 Å². The minimum absolute atomic E-state index is 0.0961. The van der Waals surface area contributed by atoms with E-state index < -0.39 is 11.9 Å². The Morgan fingerprint density at radius 2 is 1.49 bits per heavy atom. The van der Waals surface area contributed by atoms with E-state index >= 15 is 0 Å². The minimum Gasteiger partial charge on any atom is -0.493 e. The van der Waals surface area contributed by atoms with Crippen LogP contribution in [0.15, 0.2) is 30.9 Å². The molecule has 3 rings (SSSR count). The fraction of sp³-hybridized carbons (Fsp3) is 0.676. The summed E-state index contributed by atoms with van der Waals surface area (Å²) in [6, 6.07) is 4.71. The van der Waals surface area contributed by atoms with Crippen LogP contribution in [-0.2, 0) is 19.1 Å². The second-order valence-electron chi connectivity index (χ2n) is 11.7. The van der Waals surface area contributed by atoms with Crippen LogP contribution in [-0.4, -0.2) is 38.2 Å². The highest BCUT2D eigenvalue weighted by atomic mass is 16.6. The standard InChI is InChI=1S/C34H50O7/c1-4-6-7-8-11-25-12-14-26(15-13-25)27-16-18-28(19-17-27)34(37)41-30-21-20-29(24-31(30)38-3)33(36)40-23-10-9-22-39-32(35)5-2/h5,20-21,24-28H,2,4,6-19,22-23H2,1,3H3. The van der Waals surface area contributed by atoms with Crippen molar-refractivity contribution in [3.63, 3.8) is 0 Å². The largest absolute Gasteiger partial charge is 0.493 e. The molecule has 0 N–H and O–H groups in total. The normalized spacial score (nSPS) is 22.4. The van der Waals surface area contributed by atoms with Gasteiger partial charge in [0.05, 0.1) is 31.8 Å². The molecule has 0 saturated heterocycles. The first-order valence-electron chi connectivity index (χ1n) is 15.8. The Labute approximate surface area is 246 Å². The molecular formula is C34H50O7. The summed E-state index contributed by atoms with van der Waals surface area (Å²) in [7, 11) is 1.48. The average Bonchev–Trinajstić information content (AvgIpc) is 3.01. The number of ether oxygens (including phenoxy) is 4. The van der Waals surface area contributed by atoms with Crippen molar-refractivity contribution in [2.24, 2.45) is 23.7 Å². The maximum atomic E-state index is 13.0. The van der Waals surface area contributed by atoms with Crippen LogP contribution in [0.25, 0.3) is 0 Å². The molecule has 0 aliphatic heterocycles. The number of unbranched alkanes of at least 4 members (excludes halogenated alkanes) is 4. The van der Waals surface area contributed by atoms with Gasteiger partial charge in [-0.15, -0.1) is 0 Å². The van der Waals surface area contributed by atoms with Crippen molar-refractivity contribution < 1.29 is 33.3 Å². The Hall–Kier alpha value is -2.83. The van der Waals surface area contributed by atoms with Gasteiger partial charge < -0.3 is 18.9 Å². The first-order valence-corrected chi connectivity index (χ1v) is 15.8. The molecule has 2 aliphatic rings. The summed E-state index contributed by atoms with van der Waals surface area (Å²) in [5.74, 6) is 1.85. The van der Waals surface area contributed by atoms with Crippen LogP contribution in [0.2, 0.25) is 0 Å². The van der Waals surface area contributed by atoms with Gasteiger partial charge in [-0.25, -0.2) is 9.59 Å². The lowest BCUT2D eigenvalue weighted by molar-refractivity contribution is -0.140. The van der Waals surface area contributed by atoms with Crippen LogP contribution in [0.1, 0.15) is 114 Å². The van der Waals surface area contributed by atoms with Crippen molar-refractivity contribution in [3.8, 4) is 11.5 Å². The van der Waals surface area contributed by atoms with Gasteiger partial charge in [0.25, 0.3) is 0 Å². The molecule has 1 aromatic carbocycles. The van der Waals surface area contributed by atoms with Gasteiger partial charge in [0, 0.05) is 6.08 Å². The number of carbonyl (C=O) groups is 3. The molecule has 1 aromatic rings. The number of hydrogen-bond acceptors (Lipinski definition) is 7. The fourth-order valence-corrected chi connectivity index (χ4v) is 6.39. The zero-order valence-electron chi connectivity index (χ0n) is 25.2. The number of carbonyl (C=O) groups excluding carboxylic acids is 3. The summed E-state index contributed by atoms with van der Waals surface area (Å²) in [4.78, 5) is 36.5. The molecule has 0 bridgehead atoms. The van der Waals surface area contributed by atoms with Crippen molar-refractivity contribution in [1.82, 2.24) is 0 Å². The molecule has 2 aliphatic carbocycles. The summed E-state index contributed by atoms with van der Waals surface area (Å²) < 4.78 is 21.4. The van der Waals surface area contributed by atoms with Gasteiger partial charge in [-0.1, -0.05) is 58.4 Å². The Morgan fingerprint density at radius 1 is 0.829 bits per heavy atom. The van der Waals surface area contributed by atoms with Crippen LogP contribution in [0.3, 0.4) is 0 Å². The molecule has 0 atom stereocenters. The molecular weight excluding hydrogens is 520 g/mol. The minimum atomic E-state index is -0.492. The highest BCUT2D eigenvalue weighted by molar-refractivity contribution is 5.90. The second kappa shape index (κ2) is 17.9. The zero-order chi connectivity index (χ0) is 29.5. The molecule has 2 saturated carbocycles. The number of hydrogen-bond donors (Lipinski definition) is 0. The van der Waals surface area contributed by atoms with Crippen LogP contribution in [0.5, 0.6) is 11.5 Å². The summed E-state index contributed by atoms with van der Waals surface area (Å²) in [6.07, 6.45) is 18.6. The number of esters is 3. The quantitative estimate of drug-likeness (QED) is 0.0865. The van der Waals surface area contributed by atoms with Gasteiger partial charge in [0.2, 0.25) is 0 Å². The van der Waals surface area contributed by atoms with E-state index in [9.17, 15) is 14.4 Å². The Bertz CT molecular complexity index is 971. The zero-order valence-corrected chi connectivity index (χ0v) is 25.2. The van der Waals surface area contributed by atoms with E-state index in [0.717, 1.165) is 49.5 Å². The maximum Gasteiger partial charge on any atom is 0.338 e. The van der Waals surface area contributed by atoms with Crippen LogP contribution < -0.4 is 9.47 Å². The smallest absolute Gasteiger partial charge is 0.338 e. The second-order valence-corrected chi connectivity index (χ2v) is 11.7. The summed E-state index contributed by atoms with van der Waals surface area (Å²) >= 11 is 0. The maximum absolute atomic E-state index is 13.0. The molecule has 7 heteroatoms. The van der Waals surface area contributed by atoms with Gasteiger partial charge in [-0.05, 0) is 87.3 Å². The van der Waals surface area contributed by atoms with Crippen molar-refractivity contribution in [2.75, 3.05) is 20.3 Å². The van der Waals surface area contributed by atoms with Crippen molar-refractivity contribution in [2.45, 2.75) is 103 Å². The van der Waals surface area contributed by atoms with Gasteiger partial charge in [0.15, 0.2) is 11.5 Å². The molecule has 0 radical (unpaired) electrons. The SMILES string of the molecule is C=CC(=O)OCCCCOC(=O)c1ccc(OC(=O)C2CCC(C3CCC(CCCCCC)CC3)CC2)c(OC)c1. The molecule has 7 nitrogen and oxygen atoms in total. The van der Waals surface area contributed by atoms with Crippen molar-refractivity contribution in [1.29, 1.82) is 0 Å². The van der Waals surface area contributed by atoms with Crippen LogP contribution >= 0.6 is 0 Å². The van der Waals surface area contributed by atoms with Crippen molar-refractivity contribution in [3.05, 3.63) is 36.4 Å². The molecule has 0 amide bonds. The predicted octanol–water partition coefficient (Wildman–Crippen LogP) is 7.85. The highest BCUT2D eigenvalue weighted by Crippen LogP contribution is 2.43. The average molecular weight is 571 g/mol. The molecule has 228 valence electrons. The van der Waals surface area contributed by atoms with Gasteiger partial charge in [0.1, 0.15) is 0 Å². The highest BCUT2D eigenvalue weighted by Gasteiger charge is 2.34. The molecule has 0 unspecified atom stereocenters. The monoisotopic (exact) mass is 570 g/mol. The van der Waals surface area contributed by atoms with E-state index in [1.54, 1.807) is 12.1 Å². The molecule has 0 aromatic heterocycles. The lowest BCUT2D eigenvalue weighted by atomic mass is 9.68. The first-order chi connectivity index (χ1) is 19.9. The fourth-order valence-electron chi connectivity index (χ4n) is 6.39. The lowest BCUT2D eigenvalue weighted by Gasteiger charge is -2.37. The third kappa shape index (κ3) is 10.8. The van der Waals surface area contributed by atoms with Crippen molar-refractivity contribution >= 4 is 17.9 Å². The lowest BCUT2D eigenvalue weighted by Crippen LogP contribution is -2.30. The van der Waals surface area contributed by atoms with Crippen LogP contribution in [0, 0.1) is 23.7 Å². The van der Waals surface area contributed by atoms with Gasteiger partial charge in [-0.3, -0.25) is 4.79 Å². The summed E-state index contributed by atoms with van der Waals surface area (Å²) in [5, 5.41) is 0. The molecule has 0 heterocycles. The third-order valence-electron chi connectivity index (χ3n) is 8.92. The Morgan fingerprint density at radius 3 is 2.12 bits per heavy atom. The van der Waals surface area contributed by atoms with Gasteiger partial charge in [-0.2, -0.15) is 0 Å². The predicted molar refractivity (Wildman–Crippen MR) is 159 cm³/mol. The number of benzene rings is 1. The Balaban J connectivity index is 1.38. The summed E-state index contributed by atoms with van der Waals surface area (Å²) in [6.45, 7) is 6.06. The Kier molecular flexibility index (Phi) is 14.2. The summed E-state index contributed by atoms with van der Waals surface area (Å²) in [5.41, 5.74) is 0.316. The van der Waals surface area contributed by atoms with E-state index in [1.165, 1.54) is 71.0 Å². The molecule has 2 fully saturated rings. The van der Waals surface area contributed by atoms with Crippen LogP contribution in [0.4, 0.5) is 0 Å². The third-order valence-corrected chi connectivity index (χ3v) is 8.92. The van der Waals surface area contributed by atoms with E-state index in [2.05, 4.69) is 13.5 Å². The van der Waals surface area contributed by atoms with E-state index in [0.29, 0.717) is 29.9 Å². The first kappa shape index (κ1) is 32.7. The van der Waals surface area contributed by atoms with E-state index in [1.807, 2.05) is 0 Å². The molecule has 0 spiro atoms. The number of methoxy groups -OCH3 is 1.